The van der Waals surface area contributed by atoms with Gasteiger partial charge in [-0.15, -0.1) is 0 Å². The lowest BCUT2D eigenvalue weighted by Gasteiger charge is -2.42. The van der Waals surface area contributed by atoms with Crippen LogP contribution >= 0.6 is 0 Å². The highest BCUT2D eigenvalue weighted by Crippen LogP contribution is 2.36. The van der Waals surface area contributed by atoms with Gasteiger partial charge in [-0.05, 0) is 19.3 Å². The van der Waals surface area contributed by atoms with Crippen molar-refractivity contribution in [3.05, 3.63) is 0 Å². The molecule has 0 aromatic carbocycles. The molecule has 0 bridgehead atoms. The summed E-state index contributed by atoms with van der Waals surface area (Å²) in [5.41, 5.74) is 0. The number of rotatable bonds is 4. The first kappa shape index (κ1) is 14.6. The lowest BCUT2D eigenvalue weighted by molar-refractivity contribution is -0.228. The summed E-state index contributed by atoms with van der Waals surface area (Å²) < 4.78 is 5.38. The van der Waals surface area contributed by atoms with Crippen LogP contribution in [0.15, 0.2) is 0 Å². The van der Waals surface area contributed by atoms with Gasteiger partial charge in [0.2, 0.25) is 0 Å². The van der Waals surface area contributed by atoms with Crippen LogP contribution in [-0.4, -0.2) is 35.0 Å². The van der Waals surface area contributed by atoms with Gasteiger partial charge in [-0.1, -0.05) is 20.8 Å². The zero-order chi connectivity index (χ0) is 13.2. The lowest BCUT2D eigenvalue weighted by atomic mass is 9.73. The molecule has 0 radical (unpaired) electrons. The van der Waals surface area contributed by atoms with Crippen LogP contribution < -0.4 is 0 Å². The van der Waals surface area contributed by atoms with Crippen LogP contribution in [0.25, 0.3) is 0 Å². The van der Waals surface area contributed by atoms with E-state index < -0.39 is 12.2 Å². The molecule has 1 fully saturated rings. The maximum atomic E-state index is 12.2. The van der Waals surface area contributed by atoms with Gasteiger partial charge in [0.05, 0.1) is 12.0 Å². The normalized spacial score (nSPS) is 40.0. The average molecular weight is 244 g/mol. The van der Waals surface area contributed by atoms with Crippen LogP contribution in [0.4, 0.5) is 0 Å². The Morgan fingerprint density at radius 3 is 2.47 bits per heavy atom. The smallest absolute Gasteiger partial charge is 0.165 e. The zero-order valence-corrected chi connectivity index (χ0v) is 11.1. The number of carbonyl (C=O) groups is 1. The van der Waals surface area contributed by atoms with Crippen LogP contribution in [0, 0.1) is 23.7 Å². The van der Waals surface area contributed by atoms with Crippen molar-refractivity contribution in [2.75, 3.05) is 6.61 Å². The monoisotopic (exact) mass is 244 g/mol. The second-order valence-electron chi connectivity index (χ2n) is 5.17. The molecule has 6 atom stereocenters. The minimum absolute atomic E-state index is 0.00204. The maximum Gasteiger partial charge on any atom is 0.165 e. The molecule has 0 aromatic heterocycles. The van der Waals surface area contributed by atoms with E-state index in [1.807, 2.05) is 27.7 Å². The molecule has 0 aromatic rings. The summed E-state index contributed by atoms with van der Waals surface area (Å²) in [6.45, 7) is 7.53. The van der Waals surface area contributed by atoms with Crippen molar-refractivity contribution in [3.8, 4) is 0 Å². The average Bonchev–Trinajstić information content (AvgIpc) is 2.31. The Kier molecular flexibility index (Phi) is 5.10. The van der Waals surface area contributed by atoms with Gasteiger partial charge >= 0.3 is 0 Å². The molecular formula is C13H24O4. The third kappa shape index (κ3) is 2.87. The van der Waals surface area contributed by atoms with Crippen LogP contribution in [0.1, 0.15) is 34.1 Å². The van der Waals surface area contributed by atoms with Gasteiger partial charge in [0.1, 0.15) is 5.78 Å². The van der Waals surface area contributed by atoms with Gasteiger partial charge < -0.3 is 14.9 Å². The standard InChI is InChI=1S/C13H24O4/c1-5-7(2)12(15)11-10(6-14)8(3)9(4)17-13(11)16/h7-11,13-14,16H,5-6H2,1-4H3. The second-order valence-corrected chi connectivity index (χ2v) is 5.17. The number of ether oxygens (including phenoxy) is 1. The predicted molar refractivity (Wildman–Crippen MR) is 64.2 cm³/mol. The van der Waals surface area contributed by atoms with E-state index in [9.17, 15) is 15.0 Å². The van der Waals surface area contributed by atoms with Gasteiger partial charge in [0, 0.05) is 18.4 Å². The van der Waals surface area contributed by atoms with E-state index in [2.05, 4.69) is 0 Å². The predicted octanol–water partition coefficient (Wildman–Crippen LogP) is 1.20. The number of aliphatic hydroxyl groups is 2. The Bertz CT molecular complexity index is 266. The summed E-state index contributed by atoms with van der Waals surface area (Å²) in [6, 6.07) is 0. The van der Waals surface area contributed by atoms with Gasteiger partial charge in [0.25, 0.3) is 0 Å². The topological polar surface area (TPSA) is 66.8 Å². The van der Waals surface area contributed by atoms with Crippen LogP contribution in [0.2, 0.25) is 0 Å². The van der Waals surface area contributed by atoms with E-state index in [4.69, 9.17) is 4.74 Å². The summed E-state index contributed by atoms with van der Waals surface area (Å²) in [7, 11) is 0. The third-order valence-corrected chi connectivity index (χ3v) is 4.18. The molecule has 0 aliphatic carbocycles. The van der Waals surface area contributed by atoms with Crippen molar-refractivity contribution in [3.63, 3.8) is 0 Å². The van der Waals surface area contributed by atoms with Gasteiger partial charge in [0.15, 0.2) is 6.29 Å². The maximum absolute atomic E-state index is 12.2. The van der Waals surface area contributed by atoms with E-state index in [1.165, 1.54) is 0 Å². The molecule has 17 heavy (non-hydrogen) atoms. The first-order valence-electron chi connectivity index (χ1n) is 6.42. The van der Waals surface area contributed by atoms with Crippen molar-refractivity contribution < 1.29 is 19.7 Å². The van der Waals surface area contributed by atoms with Gasteiger partial charge in [-0.2, -0.15) is 0 Å². The Labute approximate surface area is 103 Å². The molecule has 0 amide bonds. The minimum atomic E-state index is -1.08. The number of Topliss-reactive ketones (excluding diaryl/α,β-unsaturated/α-hetero) is 1. The molecule has 2 N–H and O–H groups in total. The highest BCUT2D eigenvalue weighted by atomic mass is 16.6. The summed E-state index contributed by atoms with van der Waals surface area (Å²) in [6.07, 6.45) is -0.479. The fourth-order valence-electron chi connectivity index (χ4n) is 2.48. The van der Waals surface area contributed by atoms with Crippen LogP contribution in [0.3, 0.4) is 0 Å². The molecule has 1 aliphatic heterocycles. The van der Waals surface area contributed by atoms with E-state index in [1.54, 1.807) is 0 Å². The quantitative estimate of drug-likeness (QED) is 0.780. The Morgan fingerprint density at radius 1 is 1.41 bits per heavy atom. The molecule has 1 aliphatic rings. The summed E-state index contributed by atoms with van der Waals surface area (Å²) in [5.74, 6) is -0.844. The van der Waals surface area contributed by atoms with E-state index in [0.29, 0.717) is 0 Å². The number of carbonyl (C=O) groups excluding carboxylic acids is 1. The van der Waals surface area contributed by atoms with Crippen molar-refractivity contribution >= 4 is 5.78 Å². The molecule has 1 heterocycles. The van der Waals surface area contributed by atoms with E-state index >= 15 is 0 Å². The molecular weight excluding hydrogens is 220 g/mol. The summed E-state index contributed by atoms with van der Waals surface area (Å²) in [5, 5.41) is 19.4. The third-order valence-electron chi connectivity index (χ3n) is 4.18. The van der Waals surface area contributed by atoms with E-state index in [-0.39, 0.29) is 36.2 Å². The minimum Gasteiger partial charge on any atom is -0.396 e. The van der Waals surface area contributed by atoms with Crippen LogP contribution in [-0.2, 0) is 9.53 Å². The van der Waals surface area contributed by atoms with Crippen molar-refractivity contribution in [2.45, 2.75) is 46.5 Å². The number of hydrogen-bond acceptors (Lipinski definition) is 4. The Hall–Kier alpha value is -0.450. The number of aliphatic hydroxyl groups excluding tert-OH is 2. The summed E-state index contributed by atoms with van der Waals surface area (Å²) in [4.78, 5) is 12.2. The fourth-order valence-corrected chi connectivity index (χ4v) is 2.48. The SMILES string of the molecule is CCC(C)C(=O)C1C(O)OC(C)C(C)C1CO. The fraction of sp³-hybridized carbons (Fsp3) is 0.923. The number of ketones is 1. The highest BCUT2D eigenvalue weighted by molar-refractivity contribution is 5.83. The Morgan fingerprint density at radius 2 is 2.00 bits per heavy atom. The molecule has 6 unspecified atom stereocenters. The van der Waals surface area contributed by atoms with E-state index in [0.717, 1.165) is 6.42 Å². The van der Waals surface area contributed by atoms with Gasteiger partial charge in [-0.25, -0.2) is 0 Å². The van der Waals surface area contributed by atoms with Crippen LogP contribution in [0.5, 0.6) is 0 Å². The number of hydrogen-bond donors (Lipinski definition) is 2. The molecule has 0 spiro atoms. The van der Waals surface area contributed by atoms with Crippen molar-refractivity contribution in [1.82, 2.24) is 0 Å². The molecule has 100 valence electrons. The second kappa shape index (κ2) is 5.94. The lowest BCUT2D eigenvalue weighted by Crippen LogP contribution is -2.51. The highest BCUT2D eigenvalue weighted by Gasteiger charge is 2.45. The van der Waals surface area contributed by atoms with Crippen molar-refractivity contribution in [1.29, 1.82) is 0 Å². The van der Waals surface area contributed by atoms with Crippen molar-refractivity contribution in [2.24, 2.45) is 23.7 Å². The molecule has 1 rings (SSSR count). The first-order chi connectivity index (χ1) is 7.93. The molecule has 4 heteroatoms. The van der Waals surface area contributed by atoms with Gasteiger partial charge in [-0.3, -0.25) is 4.79 Å². The molecule has 0 saturated carbocycles. The Balaban J connectivity index is 2.90. The largest absolute Gasteiger partial charge is 0.396 e. The zero-order valence-electron chi connectivity index (χ0n) is 11.1. The molecule has 4 nitrogen and oxygen atoms in total. The first-order valence-corrected chi connectivity index (χ1v) is 6.42. The summed E-state index contributed by atoms with van der Waals surface area (Å²) >= 11 is 0. The molecule has 1 saturated heterocycles.